The van der Waals surface area contributed by atoms with Gasteiger partial charge in [0.15, 0.2) is 5.78 Å². The molecular weight excluding hydrogens is 492 g/mol. The lowest BCUT2D eigenvalue weighted by Gasteiger charge is -2.51. The highest BCUT2D eigenvalue weighted by atomic mass is 16.5. The molecule has 1 aromatic carbocycles. The molecule has 38 heavy (non-hydrogen) atoms. The number of hydrogen-bond donors (Lipinski definition) is 8. The van der Waals surface area contributed by atoms with E-state index in [0.717, 1.165) is 17.0 Å². The molecule has 0 spiro atoms. The number of aromatic hydroxyl groups is 1. The first-order valence-electron chi connectivity index (χ1n) is 12.4. The molecule has 1 amide bonds. The number of nitrogens with one attached hydrogen (secondary N) is 2. The number of phenolic OH excluding ortho intramolecular Hbond substituents is 1. The van der Waals surface area contributed by atoms with E-state index in [1.807, 2.05) is 19.2 Å². The monoisotopic (exact) mass is 524 g/mol. The minimum Gasteiger partial charge on any atom is -0.511 e. The minimum absolute atomic E-state index is 0.0382. The number of ketones is 1. The lowest BCUT2D eigenvalue weighted by molar-refractivity contribution is -0.200. The lowest BCUT2D eigenvalue weighted by atomic mass is 9.59. The molecule has 0 aliphatic heterocycles. The van der Waals surface area contributed by atoms with Gasteiger partial charge in [0, 0.05) is 29.1 Å². The first-order chi connectivity index (χ1) is 17.9. The van der Waals surface area contributed by atoms with Gasteiger partial charge in [-0.3, -0.25) is 14.5 Å². The quantitative estimate of drug-likeness (QED) is 0.262. The Labute approximate surface area is 218 Å². The molecule has 1 heterocycles. The molecule has 202 valence electrons. The van der Waals surface area contributed by atoms with E-state index < -0.39 is 58.4 Å². The number of carbonyl (C=O) groups excluding carboxylic acids is 2. The number of carbonyl (C=O) groups is 2. The molecule has 0 fully saturated rings. The van der Waals surface area contributed by atoms with Gasteiger partial charge in [0.05, 0.1) is 17.5 Å². The number of nitrogens with zero attached hydrogens (tertiary/aromatic N) is 1. The van der Waals surface area contributed by atoms with Crippen LogP contribution in [-0.2, 0) is 17.8 Å². The number of Topliss-reactive ketones (excluding diaryl/α,β-unsaturated/α-hetero) is 1. The molecule has 3 aliphatic rings. The fourth-order valence-corrected chi connectivity index (χ4v) is 6.70. The van der Waals surface area contributed by atoms with Crippen LogP contribution in [0.1, 0.15) is 28.0 Å². The number of benzene rings is 1. The number of allylic oxidation sites excluding steroid dienone is 1. The van der Waals surface area contributed by atoms with Crippen molar-refractivity contribution >= 4 is 11.7 Å². The van der Waals surface area contributed by atoms with Crippen molar-refractivity contribution in [2.75, 3.05) is 21.1 Å². The molecule has 0 bridgehead atoms. The Morgan fingerprint density at radius 3 is 2.50 bits per heavy atom. The molecular formula is C27H32N4O7. The van der Waals surface area contributed by atoms with E-state index >= 15 is 0 Å². The molecule has 0 saturated heterocycles. The van der Waals surface area contributed by atoms with Crippen molar-refractivity contribution in [2.24, 2.45) is 23.5 Å². The maximum absolute atomic E-state index is 13.8. The van der Waals surface area contributed by atoms with E-state index in [1.165, 1.54) is 6.07 Å². The van der Waals surface area contributed by atoms with Gasteiger partial charge in [-0.15, -0.1) is 0 Å². The Kier molecular flexibility index (Phi) is 6.14. The predicted octanol–water partition coefficient (Wildman–Crippen LogP) is 0.832. The summed E-state index contributed by atoms with van der Waals surface area (Å²) in [6, 6.07) is 6.11. The first-order valence-corrected chi connectivity index (χ1v) is 12.4. The van der Waals surface area contributed by atoms with Crippen molar-refractivity contribution in [3.63, 3.8) is 0 Å². The fourth-order valence-electron chi connectivity index (χ4n) is 6.70. The Bertz CT molecular complexity index is 1400. The highest BCUT2D eigenvalue weighted by Gasteiger charge is 2.60. The standard InChI is InChI=1S/C27H32N4O7/c1-29-10-12-4-6-16(30-12)13-5-7-17(32)19-14(13)8-11-9-15-20(24(34)18(11)23(19)33)27(37,38)21(26(28)36)25(35)22(15)31(2)3/h4-7,11,15,20,22,29-30,32,34-35,37-38H,8-10H2,1-3H3,(H2,28,36)/t11?,15-,20?,22+/m1/s1. The Hall–Kier alpha value is -3.64. The minimum atomic E-state index is -3.01. The molecule has 2 unspecified atom stereocenters. The van der Waals surface area contributed by atoms with E-state index in [1.54, 1.807) is 25.1 Å². The Morgan fingerprint density at radius 1 is 1.16 bits per heavy atom. The molecule has 9 N–H and O–H groups in total. The van der Waals surface area contributed by atoms with Crippen LogP contribution in [0.4, 0.5) is 0 Å². The summed E-state index contributed by atoms with van der Waals surface area (Å²) in [5.41, 5.74) is 7.64. The van der Waals surface area contributed by atoms with E-state index in [2.05, 4.69) is 10.3 Å². The van der Waals surface area contributed by atoms with Gasteiger partial charge in [-0.05, 0) is 75.6 Å². The van der Waals surface area contributed by atoms with Gasteiger partial charge in [-0.1, -0.05) is 0 Å². The van der Waals surface area contributed by atoms with Crippen LogP contribution < -0.4 is 11.1 Å². The van der Waals surface area contributed by atoms with Crippen LogP contribution in [0, 0.1) is 17.8 Å². The van der Waals surface area contributed by atoms with Crippen molar-refractivity contribution in [1.82, 2.24) is 15.2 Å². The van der Waals surface area contributed by atoms with Gasteiger partial charge in [-0.2, -0.15) is 0 Å². The van der Waals surface area contributed by atoms with E-state index in [0.29, 0.717) is 12.1 Å². The van der Waals surface area contributed by atoms with Crippen LogP contribution in [0.25, 0.3) is 11.3 Å². The Balaban J connectivity index is 1.67. The van der Waals surface area contributed by atoms with Gasteiger partial charge in [0.25, 0.3) is 5.91 Å². The second-order valence-electron chi connectivity index (χ2n) is 10.6. The van der Waals surface area contributed by atoms with Crippen molar-refractivity contribution in [3.8, 4) is 17.0 Å². The van der Waals surface area contributed by atoms with Crippen LogP contribution in [0.3, 0.4) is 0 Å². The number of phenols is 1. The van der Waals surface area contributed by atoms with E-state index in [4.69, 9.17) is 5.73 Å². The van der Waals surface area contributed by atoms with Crippen molar-refractivity contribution in [3.05, 3.63) is 63.8 Å². The molecule has 3 aliphatic carbocycles. The third-order valence-electron chi connectivity index (χ3n) is 8.13. The van der Waals surface area contributed by atoms with Crippen LogP contribution in [0.15, 0.2) is 46.9 Å². The molecule has 11 heteroatoms. The maximum Gasteiger partial charge on any atom is 0.253 e. The van der Waals surface area contributed by atoms with Gasteiger partial charge < -0.3 is 41.6 Å². The summed E-state index contributed by atoms with van der Waals surface area (Å²) in [7, 11) is 5.14. The summed E-state index contributed by atoms with van der Waals surface area (Å²) in [6.45, 7) is 0.617. The topological polar surface area (TPSA) is 192 Å². The second kappa shape index (κ2) is 8.98. The number of aliphatic hydroxyl groups excluding tert-OH is 2. The van der Waals surface area contributed by atoms with Gasteiger partial charge >= 0.3 is 0 Å². The average Bonchev–Trinajstić information content (AvgIpc) is 3.26. The number of aromatic nitrogens is 1. The zero-order valence-electron chi connectivity index (χ0n) is 21.3. The molecule has 0 radical (unpaired) electrons. The zero-order chi connectivity index (χ0) is 27.7. The highest BCUT2D eigenvalue weighted by molar-refractivity contribution is 6.14. The van der Waals surface area contributed by atoms with Crippen LogP contribution >= 0.6 is 0 Å². The smallest absolute Gasteiger partial charge is 0.253 e. The number of H-pyrrole nitrogens is 1. The summed E-state index contributed by atoms with van der Waals surface area (Å²) >= 11 is 0. The van der Waals surface area contributed by atoms with Gasteiger partial charge in [0.1, 0.15) is 22.8 Å². The predicted molar refractivity (Wildman–Crippen MR) is 137 cm³/mol. The maximum atomic E-state index is 13.8. The number of likely N-dealkylation sites (N-methyl/N-ethyl adjacent to an activating group) is 1. The van der Waals surface area contributed by atoms with Gasteiger partial charge in [0.2, 0.25) is 5.79 Å². The van der Waals surface area contributed by atoms with E-state index in [9.17, 15) is 35.1 Å². The molecule has 11 nitrogen and oxygen atoms in total. The summed E-state index contributed by atoms with van der Waals surface area (Å²) in [5, 5.41) is 58.2. The van der Waals surface area contributed by atoms with Crippen LogP contribution in [0.2, 0.25) is 0 Å². The zero-order valence-corrected chi connectivity index (χ0v) is 21.3. The SMILES string of the molecule is CNCc1ccc(-c2ccc(O)c3c2CC2C[C@@H]4C(C(O)=C2C3=O)C(O)(O)C(C(N)=O)=C(O)[C@H]4N(C)C)[nH]1. The third kappa shape index (κ3) is 3.65. The summed E-state index contributed by atoms with van der Waals surface area (Å²) in [6.07, 6.45) is 0.479. The van der Waals surface area contributed by atoms with E-state index in [-0.39, 0.29) is 29.7 Å². The number of aliphatic hydroxyl groups is 4. The summed E-state index contributed by atoms with van der Waals surface area (Å²) in [4.78, 5) is 30.9. The normalized spacial score (nSPS) is 26.3. The number of fused-ring (bicyclic) bond motifs is 3. The molecule has 5 rings (SSSR count). The van der Waals surface area contributed by atoms with Gasteiger partial charge in [-0.25, -0.2) is 0 Å². The molecule has 2 aromatic rings. The van der Waals surface area contributed by atoms with Crippen LogP contribution in [-0.4, -0.2) is 80.1 Å². The second-order valence-corrected chi connectivity index (χ2v) is 10.6. The summed E-state index contributed by atoms with van der Waals surface area (Å²) in [5.74, 6) is -9.07. The summed E-state index contributed by atoms with van der Waals surface area (Å²) < 4.78 is 0. The lowest BCUT2D eigenvalue weighted by Crippen LogP contribution is -2.60. The van der Waals surface area contributed by atoms with Crippen LogP contribution in [0.5, 0.6) is 5.75 Å². The molecule has 1 aromatic heterocycles. The third-order valence-corrected chi connectivity index (χ3v) is 8.13. The molecule has 0 saturated carbocycles. The highest BCUT2D eigenvalue weighted by Crippen LogP contribution is 2.54. The number of aromatic amines is 1. The molecule has 4 atom stereocenters. The fraction of sp³-hybridized carbons (Fsp3) is 0.407. The van der Waals surface area contributed by atoms with Crippen molar-refractivity contribution < 1.29 is 35.1 Å². The number of nitrogens with two attached hydrogens (primary N) is 1. The number of primary amides is 1. The number of rotatable bonds is 5. The van der Waals surface area contributed by atoms with Crippen molar-refractivity contribution in [2.45, 2.75) is 31.2 Å². The Morgan fingerprint density at radius 2 is 1.87 bits per heavy atom. The largest absolute Gasteiger partial charge is 0.511 e. The number of hydrogen-bond acceptors (Lipinski definition) is 9. The first kappa shape index (κ1) is 26.0. The number of amides is 1. The van der Waals surface area contributed by atoms with Crippen molar-refractivity contribution in [1.29, 1.82) is 0 Å². The average molecular weight is 525 g/mol.